The highest BCUT2D eigenvalue weighted by molar-refractivity contribution is 4.98. The molecular formula is C17H33N3. The first kappa shape index (κ1) is 16.0. The van der Waals surface area contributed by atoms with Crippen LogP contribution in [0.25, 0.3) is 0 Å². The van der Waals surface area contributed by atoms with E-state index in [2.05, 4.69) is 28.2 Å². The van der Waals surface area contributed by atoms with Crippen LogP contribution in [0.4, 0.5) is 0 Å². The van der Waals surface area contributed by atoms with Crippen LogP contribution in [0.5, 0.6) is 0 Å². The van der Waals surface area contributed by atoms with Crippen molar-refractivity contribution >= 4 is 0 Å². The third-order valence-electron chi connectivity index (χ3n) is 5.47. The Morgan fingerprint density at radius 1 is 1.30 bits per heavy atom. The minimum Gasteiger partial charge on any atom is -0.320 e. The van der Waals surface area contributed by atoms with Crippen molar-refractivity contribution in [2.75, 3.05) is 46.3 Å². The number of hydrogen-bond acceptors (Lipinski definition) is 3. The molecule has 2 heterocycles. The highest BCUT2D eigenvalue weighted by Gasteiger charge is 2.31. The molecule has 2 N–H and O–H groups in total. The van der Waals surface area contributed by atoms with Crippen molar-refractivity contribution < 1.29 is 0 Å². The molecule has 0 aliphatic carbocycles. The smallest absolute Gasteiger partial charge is 0.00104 e. The Morgan fingerprint density at radius 3 is 2.60 bits per heavy atom. The van der Waals surface area contributed by atoms with Gasteiger partial charge in [0.05, 0.1) is 0 Å². The van der Waals surface area contributed by atoms with Gasteiger partial charge < -0.3 is 15.5 Å². The predicted molar refractivity (Wildman–Crippen MR) is 87.1 cm³/mol. The number of nitrogens with one attached hydrogen (secondary N) is 2. The van der Waals surface area contributed by atoms with Gasteiger partial charge in [0.2, 0.25) is 0 Å². The van der Waals surface area contributed by atoms with Crippen LogP contribution in [0.15, 0.2) is 12.7 Å². The van der Waals surface area contributed by atoms with Gasteiger partial charge in [0, 0.05) is 0 Å². The van der Waals surface area contributed by atoms with Gasteiger partial charge >= 0.3 is 0 Å². The van der Waals surface area contributed by atoms with Gasteiger partial charge in [-0.05, 0) is 96.2 Å². The molecule has 0 bridgehead atoms. The number of likely N-dealkylation sites (tertiary alicyclic amines) is 1. The van der Waals surface area contributed by atoms with E-state index in [1.807, 2.05) is 7.05 Å². The van der Waals surface area contributed by atoms with Crippen molar-refractivity contribution in [3.63, 3.8) is 0 Å². The molecule has 0 spiro atoms. The Morgan fingerprint density at radius 2 is 2.00 bits per heavy atom. The second-order valence-corrected chi connectivity index (χ2v) is 6.74. The van der Waals surface area contributed by atoms with E-state index in [1.54, 1.807) is 0 Å². The quantitative estimate of drug-likeness (QED) is 0.700. The summed E-state index contributed by atoms with van der Waals surface area (Å²) in [5.74, 6) is 0.964. The molecule has 2 rings (SSSR count). The average molecular weight is 279 g/mol. The summed E-state index contributed by atoms with van der Waals surface area (Å²) in [5, 5.41) is 6.75. The molecule has 0 aromatic rings. The van der Waals surface area contributed by atoms with Crippen LogP contribution in [0.1, 0.15) is 38.5 Å². The minimum absolute atomic E-state index is 0.397. The van der Waals surface area contributed by atoms with Crippen LogP contribution in [0.3, 0.4) is 0 Å². The molecule has 0 saturated carbocycles. The Hall–Kier alpha value is -0.380. The molecule has 0 atom stereocenters. The zero-order chi connectivity index (χ0) is 14.3. The molecule has 3 nitrogen and oxygen atoms in total. The first-order valence-corrected chi connectivity index (χ1v) is 8.49. The predicted octanol–water partition coefficient (Wildman–Crippen LogP) is 2.25. The molecule has 0 aromatic heterocycles. The summed E-state index contributed by atoms with van der Waals surface area (Å²) in [7, 11) is 2.05. The second-order valence-electron chi connectivity index (χ2n) is 6.74. The maximum absolute atomic E-state index is 4.10. The highest BCUT2D eigenvalue weighted by Crippen LogP contribution is 2.36. The van der Waals surface area contributed by atoms with E-state index in [0.717, 1.165) is 12.5 Å². The number of hydrogen-bond donors (Lipinski definition) is 2. The zero-order valence-electron chi connectivity index (χ0n) is 13.3. The van der Waals surface area contributed by atoms with Gasteiger partial charge in [-0.25, -0.2) is 0 Å². The van der Waals surface area contributed by atoms with Crippen molar-refractivity contribution in [2.24, 2.45) is 11.3 Å². The maximum Gasteiger partial charge on any atom is -0.00104 e. The minimum atomic E-state index is 0.397. The SMILES string of the molecule is C=CC1(CCNC)CCN(CCC2CCNCC2)CC1. The van der Waals surface area contributed by atoms with Gasteiger partial charge in [0.25, 0.3) is 0 Å². The van der Waals surface area contributed by atoms with Crippen molar-refractivity contribution in [1.82, 2.24) is 15.5 Å². The summed E-state index contributed by atoms with van der Waals surface area (Å²) in [6, 6.07) is 0. The fraction of sp³-hybridized carbons (Fsp3) is 0.882. The second kappa shape index (κ2) is 8.16. The average Bonchev–Trinajstić information content (AvgIpc) is 2.53. The van der Waals surface area contributed by atoms with Crippen molar-refractivity contribution in [3.8, 4) is 0 Å². The molecule has 2 aliphatic heterocycles. The number of nitrogens with zero attached hydrogens (tertiary/aromatic N) is 1. The van der Waals surface area contributed by atoms with Crippen molar-refractivity contribution in [1.29, 1.82) is 0 Å². The maximum atomic E-state index is 4.10. The van der Waals surface area contributed by atoms with Crippen LogP contribution in [-0.2, 0) is 0 Å². The van der Waals surface area contributed by atoms with Crippen molar-refractivity contribution in [2.45, 2.75) is 38.5 Å². The lowest BCUT2D eigenvalue weighted by atomic mass is 9.75. The third kappa shape index (κ3) is 4.57. The largest absolute Gasteiger partial charge is 0.320 e. The van der Waals surface area contributed by atoms with Crippen LogP contribution in [-0.4, -0.2) is 51.2 Å². The van der Waals surface area contributed by atoms with Gasteiger partial charge in [-0.1, -0.05) is 6.08 Å². The Labute approximate surface area is 125 Å². The molecule has 2 fully saturated rings. The number of allylic oxidation sites excluding steroid dienone is 1. The molecule has 0 amide bonds. The third-order valence-corrected chi connectivity index (χ3v) is 5.47. The molecule has 20 heavy (non-hydrogen) atoms. The van der Waals surface area contributed by atoms with Crippen LogP contribution in [0.2, 0.25) is 0 Å². The van der Waals surface area contributed by atoms with Crippen LogP contribution >= 0.6 is 0 Å². The fourth-order valence-electron chi connectivity index (χ4n) is 3.69. The first-order valence-electron chi connectivity index (χ1n) is 8.49. The van der Waals surface area contributed by atoms with Gasteiger partial charge in [0.15, 0.2) is 0 Å². The van der Waals surface area contributed by atoms with E-state index in [1.165, 1.54) is 71.2 Å². The van der Waals surface area contributed by atoms with E-state index in [9.17, 15) is 0 Å². The van der Waals surface area contributed by atoms with Gasteiger partial charge in [-0.3, -0.25) is 0 Å². The summed E-state index contributed by atoms with van der Waals surface area (Å²) in [5.41, 5.74) is 0.397. The number of piperidine rings is 2. The highest BCUT2D eigenvalue weighted by atomic mass is 15.1. The van der Waals surface area contributed by atoms with Gasteiger partial charge in [-0.15, -0.1) is 6.58 Å². The molecule has 2 aliphatic rings. The van der Waals surface area contributed by atoms with E-state index >= 15 is 0 Å². The van der Waals surface area contributed by atoms with Crippen molar-refractivity contribution in [3.05, 3.63) is 12.7 Å². The molecule has 0 radical (unpaired) electrons. The van der Waals surface area contributed by atoms with E-state index in [0.29, 0.717) is 5.41 Å². The molecule has 2 saturated heterocycles. The summed E-state index contributed by atoms with van der Waals surface area (Å²) >= 11 is 0. The Kier molecular flexibility index (Phi) is 6.53. The molecule has 3 heteroatoms. The normalized spacial score (nSPS) is 24.6. The van der Waals surface area contributed by atoms with Crippen LogP contribution < -0.4 is 10.6 Å². The molecule has 0 unspecified atom stereocenters. The van der Waals surface area contributed by atoms with Crippen LogP contribution in [0, 0.1) is 11.3 Å². The van der Waals surface area contributed by atoms with Gasteiger partial charge in [0.1, 0.15) is 0 Å². The van der Waals surface area contributed by atoms with Gasteiger partial charge in [-0.2, -0.15) is 0 Å². The van der Waals surface area contributed by atoms with E-state index in [4.69, 9.17) is 0 Å². The standard InChI is InChI=1S/C17H33N3/c1-3-17(7-12-18-2)8-14-20(15-9-17)13-6-16-4-10-19-11-5-16/h3,16,18-19H,1,4-15H2,2H3. The summed E-state index contributed by atoms with van der Waals surface area (Å²) in [6.45, 7) is 11.5. The van der Waals surface area contributed by atoms with E-state index < -0.39 is 0 Å². The molecular weight excluding hydrogens is 246 g/mol. The zero-order valence-corrected chi connectivity index (χ0v) is 13.3. The molecule has 0 aromatic carbocycles. The topological polar surface area (TPSA) is 27.3 Å². The fourth-order valence-corrected chi connectivity index (χ4v) is 3.69. The summed E-state index contributed by atoms with van der Waals surface area (Å²) < 4.78 is 0. The molecule has 116 valence electrons. The summed E-state index contributed by atoms with van der Waals surface area (Å²) in [6.07, 6.45) is 10.2. The van der Waals surface area contributed by atoms with E-state index in [-0.39, 0.29) is 0 Å². The number of rotatable bonds is 7. The Balaban J connectivity index is 1.68. The lowest BCUT2D eigenvalue weighted by Crippen LogP contribution is -2.41. The first-order chi connectivity index (χ1) is 9.78. The monoisotopic (exact) mass is 279 g/mol. The lowest BCUT2D eigenvalue weighted by molar-refractivity contribution is 0.124. The lowest BCUT2D eigenvalue weighted by Gasteiger charge is -2.40. The Bertz CT molecular complexity index is 276. The summed E-state index contributed by atoms with van der Waals surface area (Å²) in [4.78, 5) is 2.68.